The normalized spacial score (nSPS) is 11.6. The number of carbonyl (C=O) groups excluding carboxylic acids is 3. The quantitative estimate of drug-likeness (QED) is 0.387. The van der Waals surface area contributed by atoms with Crippen LogP contribution in [0.2, 0.25) is 0 Å². The van der Waals surface area contributed by atoms with Crippen LogP contribution < -0.4 is 5.32 Å². The Morgan fingerprint density at radius 2 is 1.38 bits per heavy atom. The molecule has 0 aromatic rings. The summed E-state index contributed by atoms with van der Waals surface area (Å²) in [4.78, 5) is 35.0. The fraction of sp³-hybridized carbons (Fsp3) is 0.833. The Hall–Kier alpha value is -1.59. The van der Waals surface area contributed by atoms with Crippen LogP contribution in [0.25, 0.3) is 0 Å². The van der Waals surface area contributed by atoms with Crippen molar-refractivity contribution in [1.29, 1.82) is 0 Å². The lowest BCUT2D eigenvalue weighted by Gasteiger charge is -2.16. The summed E-state index contributed by atoms with van der Waals surface area (Å²) in [7, 11) is 0. The molecule has 0 aromatic carbocycles. The summed E-state index contributed by atoms with van der Waals surface area (Å²) in [6, 6.07) is -0.975. The molecule has 0 fully saturated rings. The maximum absolute atomic E-state index is 12.0. The largest absolute Gasteiger partial charge is 0.466 e. The zero-order valence-electron chi connectivity index (χ0n) is 15.4. The summed E-state index contributed by atoms with van der Waals surface area (Å²) in [5.41, 5.74) is 0. The van der Waals surface area contributed by atoms with Crippen molar-refractivity contribution in [3.05, 3.63) is 0 Å². The van der Waals surface area contributed by atoms with Gasteiger partial charge in [-0.05, 0) is 12.8 Å². The SMILES string of the molecule is CCCCCCOC(=O)C[C@H](NC(C)=O)C(=O)OCCCCCC. The van der Waals surface area contributed by atoms with Gasteiger partial charge in [0.2, 0.25) is 5.91 Å². The molecule has 0 aromatic heterocycles. The second-order valence-electron chi connectivity index (χ2n) is 5.97. The highest BCUT2D eigenvalue weighted by Crippen LogP contribution is 2.04. The number of nitrogens with one attached hydrogen (secondary N) is 1. The molecule has 1 N–H and O–H groups in total. The van der Waals surface area contributed by atoms with Crippen molar-refractivity contribution < 1.29 is 23.9 Å². The highest BCUT2D eigenvalue weighted by molar-refractivity contribution is 5.87. The van der Waals surface area contributed by atoms with Crippen molar-refractivity contribution in [2.75, 3.05) is 13.2 Å². The topological polar surface area (TPSA) is 81.7 Å². The van der Waals surface area contributed by atoms with Crippen LogP contribution in [0.4, 0.5) is 0 Å². The van der Waals surface area contributed by atoms with Gasteiger partial charge in [-0.1, -0.05) is 52.4 Å². The van der Waals surface area contributed by atoms with Gasteiger partial charge < -0.3 is 14.8 Å². The third-order valence-corrected chi connectivity index (χ3v) is 3.54. The smallest absolute Gasteiger partial charge is 0.329 e. The zero-order chi connectivity index (χ0) is 18.2. The lowest BCUT2D eigenvalue weighted by molar-refractivity contribution is -0.153. The standard InChI is InChI=1S/C18H33NO5/c1-4-6-8-10-12-23-17(21)14-16(19-15(3)20)18(22)24-13-11-9-7-5-2/h16H,4-14H2,1-3H3,(H,19,20)/t16-/m0/s1. The number of rotatable bonds is 14. The van der Waals surface area contributed by atoms with Crippen LogP contribution in [0.15, 0.2) is 0 Å². The Balaban J connectivity index is 4.16. The third kappa shape index (κ3) is 12.9. The average Bonchev–Trinajstić information content (AvgIpc) is 2.53. The van der Waals surface area contributed by atoms with Gasteiger partial charge in [0.25, 0.3) is 0 Å². The molecule has 24 heavy (non-hydrogen) atoms. The van der Waals surface area contributed by atoms with Crippen LogP contribution in [0.3, 0.4) is 0 Å². The summed E-state index contributed by atoms with van der Waals surface area (Å²) in [6.07, 6.45) is 7.83. The van der Waals surface area contributed by atoms with E-state index in [0.717, 1.165) is 51.4 Å². The Kier molecular flexibility index (Phi) is 14.0. The maximum Gasteiger partial charge on any atom is 0.329 e. The summed E-state index contributed by atoms with van der Waals surface area (Å²) >= 11 is 0. The fourth-order valence-corrected chi connectivity index (χ4v) is 2.18. The number of carbonyl (C=O) groups is 3. The van der Waals surface area contributed by atoms with E-state index in [1.807, 2.05) is 0 Å². The van der Waals surface area contributed by atoms with E-state index in [2.05, 4.69) is 19.2 Å². The molecule has 0 radical (unpaired) electrons. The fourth-order valence-electron chi connectivity index (χ4n) is 2.18. The summed E-state index contributed by atoms with van der Waals surface area (Å²) in [5, 5.41) is 2.46. The second kappa shape index (κ2) is 15.0. The highest BCUT2D eigenvalue weighted by atomic mass is 16.5. The molecular formula is C18H33NO5. The van der Waals surface area contributed by atoms with Crippen LogP contribution >= 0.6 is 0 Å². The molecule has 0 unspecified atom stereocenters. The monoisotopic (exact) mass is 343 g/mol. The van der Waals surface area contributed by atoms with E-state index >= 15 is 0 Å². The lowest BCUT2D eigenvalue weighted by Crippen LogP contribution is -2.42. The number of amides is 1. The van der Waals surface area contributed by atoms with Gasteiger partial charge in [0, 0.05) is 6.92 Å². The van der Waals surface area contributed by atoms with Crippen molar-refractivity contribution in [2.45, 2.75) is 84.6 Å². The first-order valence-electron chi connectivity index (χ1n) is 9.10. The van der Waals surface area contributed by atoms with Crippen LogP contribution in [-0.2, 0) is 23.9 Å². The molecule has 0 aliphatic heterocycles. The molecule has 0 aliphatic rings. The predicted octanol–water partition coefficient (Wildman–Crippen LogP) is 3.13. The van der Waals surface area contributed by atoms with E-state index in [1.165, 1.54) is 6.92 Å². The van der Waals surface area contributed by atoms with Crippen LogP contribution in [0.1, 0.15) is 78.6 Å². The van der Waals surface area contributed by atoms with E-state index in [-0.39, 0.29) is 12.3 Å². The van der Waals surface area contributed by atoms with Crippen molar-refractivity contribution in [2.24, 2.45) is 0 Å². The van der Waals surface area contributed by atoms with Gasteiger partial charge in [0.1, 0.15) is 6.04 Å². The number of hydrogen-bond donors (Lipinski definition) is 1. The van der Waals surface area contributed by atoms with Crippen molar-refractivity contribution >= 4 is 17.8 Å². The minimum Gasteiger partial charge on any atom is -0.466 e. The van der Waals surface area contributed by atoms with Crippen LogP contribution in [-0.4, -0.2) is 37.1 Å². The minimum absolute atomic E-state index is 0.193. The zero-order valence-corrected chi connectivity index (χ0v) is 15.4. The first-order valence-corrected chi connectivity index (χ1v) is 9.10. The molecule has 1 amide bonds. The second-order valence-corrected chi connectivity index (χ2v) is 5.97. The predicted molar refractivity (Wildman–Crippen MR) is 92.4 cm³/mol. The van der Waals surface area contributed by atoms with E-state index in [1.54, 1.807) is 0 Å². The van der Waals surface area contributed by atoms with Gasteiger partial charge >= 0.3 is 11.9 Å². The minimum atomic E-state index is -0.975. The average molecular weight is 343 g/mol. The van der Waals surface area contributed by atoms with Gasteiger partial charge in [0.05, 0.1) is 19.6 Å². The maximum atomic E-state index is 12.0. The molecule has 6 nitrogen and oxygen atoms in total. The molecule has 0 rings (SSSR count). The lowest BCUT2D eigenvalue weighted by atomic mass is 10.2. The molecule has 0 bridgehead atoms. The Labute approximate surface area is 145 Å². The summed E-state index contributed by atoms with van der Waals surface area (Å²) in [6.45, 7) is 6.17. The van der Waals surface area contributed by atoms with E-state index < -0.39 is 18.0 Å². The van der Waals surface area contributed by atoms with E-state index in [9.17, 15) is 14.4 Å². The van der Waals surface area contributed by atoms with Crippen molar-refractivity contribution in [1.82, 2.24) is 5.32 Å². The first kappa shape index (κ1) is 22.4. The molecule has 0 saturated carbocycles. The van der Waals surface area contributed by atoms with E-state index in [0.29, 0.717) is 13.2 Å². The third-order valence-electron chi connectivity index (χ3n) is 3.54. The molecule has 1 atom stereocenters. The van der Waals surface area contributed by atoms with Crippen LogP contribution in [0.5, 0.6) is 0 Å². The Bertz CT molecular complexity index is 370. The van der Waals surface area contributed by atoms with Gasteiger partial charge in [-0.25, -0.2) is 4.79 Å². The van der Waals surface area contributed by atoms with Gasteiger partial charge in [0.15, 0.2) is 0 Å². The number of hydrogen-bond acceptors (Lipinski definition) is 5. The molecule has 140 valence electrons. The van der Waals surface area contributed by atoms with Crippen LogP contribution in [0, 0.1) is 0 Å². The molecule has 0 heterocycles. The van der Waals surface area contributed by atoms with Gasteiger partial charge in [-0.15, -0.1) is 0 Å². The van der Waals surface area contributed by atoms with Gasteiger partial charge in [-0.2, -0.15) is 0 Å². The summed E-state index contributed by atoms with van der Waals surface area (Å²) < 4.78 is 10.3. The Morgan fingerprint density at radius 1 is 0.833 bits per heavy atom. The molecule has 6 heteroatoms. The number of unbranched alkanes of at least 4 members (excludes halogenated alkanes) is 6. The van der Waals surface area contributed by atoms with Crippen molar-refractivity contribution in [3.63, 3.8) is 0 Å². The van der Waals surface area contributed by atoms with E-state index in [4.69, 9.17) is 9.47 Å². The highest BCUT2D eigenvalue weighted by Gasteiger charge is 2.25. The molecule has 0 aliphatic carbocycles. The molecular weight excluding hydrogens is 310 g/mol. The molecule has 0 spiro atoms. The van der Waals surface area contributed by atoms with Gasteiger partial charge in [-0.3, -0.25) is 9.59 Å². The first-order chi connectivity index (χ1) is 11.5. The number of esters is 2. The number of ether oxygens (including phenoxy) is 2. The molecule has 0 saturated heterocycles. The Morgan fingerprint density at radius 3 is 1.88 bits per heavy atom. The van der Waals surface area contributed by atoms with Crippen molar-refractivity contribution in [3.8, 4) is 0 Å². The summed E-state index contributed by atoms with van der Waals surface area (Å²) in [5.74, 6) is -1.45.